The maximum absolute atomic E-state index is 13.2. The van der Waals surface area contributed by atoms with Gasteiger partial charge >= 0.3 is 0 Å². The van der Waals surface area contributed by atoms with Crippen molar-refractivity contribution in [1.29, 1.82) is 0 Å². The van der Waals surface area contributed by atoms with E-state index in [1.165, 1.54) is 0 Å². The zero-order valence-corrected chi connectivity index (χ0v) is 13.8. The van der Waals surface area contributed by atoms with Crippen LogP contribution in [0.15, 0.2) is 24.3 Å². The first-order valence-electron chi connectivity index (χ1n) is 8.09. The molecule has 4 rings (SSSR count). The minimum Gasteiger partial charge on any atom is -0.388 e. The molecule has 2 aliphatic rings. The van der Waals surface area contributed by atoms with Crippen LogP contribution in [-0.2, 0) is 0 Å². The second kappa shape index (κ2) is 5.18. The topological polar surface area (TPSA) is 53.4 Å². The van der Waals surface area contributed by atoms with Crippen molar-refractivity contribution in [2.75, 3.05) is 6.54 Å². The average Bonchev–Trinajstić information content (AvgIpc) is 3.09. The number of hydrogen-bond acceptors (Lipinski definition) is 3. The molecular formula is C18H19ClN2O2. The van der Waals surface area contributed by atoms with Crippen molar-refractivity contribution < 1.29 is 9.90 Å². The van der Waals surface area contributed by atoms with Gasteiger partial charge in [0.1, 0.15) is 0 Å². The van der Waals surface area contributed by atoms with Gasteiger partial charge in [0, 0.05) is 17.6 Å². The van der Waals surface area contributed by atoms with E-state index in [4.69, 9.17) is 11.6 Å². The van der Waals surface area contributed by atoms with Crippen LogP contribution in [0, 0.1) is 6.92 Å². The minimum absolute atomic E-state index is 0.0226. The van der Waals surface area contributed by atoms with E-state index in [9.17, 15) is 9.90 Å². The van der Waals surface area contributed by atoms with Crippen molar-refractivity contribution in [2.45, 2.75) is 44.2 Å². The molecule has 1 atom stereocenters. The molecule has 2 fully saturated rings. The average molecular weight is 331 g/mol. The molecule has 1 aromatic heterocycles. The van der Waals surface area contributed by atoms with Crippen molar-refractivity contribution in [3.05, 3.63) is 40.5 Å². The van der Waals surface area contributed by atoms with Gasteiger partial charge in [-0.1, -0.05) is 23.7 Å². The Kier molecular flexibility index (Phi) is 3.36. The zero-order chi connectivity index (χ0) is 16.2. The number of pyridine rings is 1. The lowest BCUT2D eigenvalue weighted by atomic mass is 10.0. The number of aryl methyl sites for hydroxylation is 1. The first kappa shape index (κ1) is 14.9. The van der Waals surface area contributed by atoms with E-state index in [1.807, 2.05) is 30.0 Å². The number of aromatic nitrogens is 1. The highest BCUT2D eigenvalue weighted by atomic mass is 35.5. The van der Waals surface area contributed by atoms with Gasteiger partial charge in [-0.05, 0) is 44.7 Å². The quantitative estimate of drug-likeness (QED) is 0.919. The Bertz CT molecular complexity index is 801. The third-order valence-corrected chi connectivity index (χ3v) is 5.35. The van der Waals surface area contributed by atoms with Gasteiger partial charge in [-0.3, -0.25) is 9.78 Å². The zero-order valence-electron chi connectivity index (χ0n) is 13.1. The summed E-state index contributed by atoms with van der Waals surface area (Å²) in [6.45, 7) is 2.57. The fourth-order valence-electron chi connectivity index (χ4n) is 3.70. The van der Waals surface area contributed by atoms with Crippen LogP contribution in [0.3, 0.4) is 0 Å². The summed E-state index contributed by atoms with van der Waals surface area (Å²) < 4.78 is 0. The maximum atomic E-state index is 13.2. The SMILES string of the molecule is Cc1cc(C(=O)N2CCCC2C2(O)CC2)c2cccc(Cl)c2n1. The monoisotopic (exact) mass is 330 g/mol. The van der Waals surface area contributed by atoms with Crippen LogP contribution in [0.25, 0.3) is 10.9 Å². The molecule has 1 saturated carbocycles. The van der Waals surface area contributed by atoms with Crippen LogP contribution >= 0.6 is 11.6 Å². The summed E-state index contributed by atoms with van der Waals surface area (Å²) in [5, 5.41) is 11.8. The summed E-state index contributed by atoms with van der Waals surface area (Å²) in [6, 6.07) is 7.29. The predicted molar refractivity (Wildman–Crippen MR) is 89.7 cm³/mol. The molecule has 1 N–H and O–H groups in total. The normalized spacial score (nSPS) is 22.6. The summed E-state index contributed by atoms with van der Waals surface area (Å²) in [5.74, 6) is -0.0226. The van der Waals surface area contributed by atoms with Gasteiger partial charge in [0.15, 0.2) is 0 Å². The van der Waals surface area contributed by atoms with E-state index in [0.29, 0.717) is 22.6 Å². The first-order valence-corrected chi connectivity index (χ1v) is 8.47. The lowest BCUT2D eigenvalue weighted by Gasteiger charge is -2.29. The Morgan fingerprint density at radius 2 is 2.22 bits per heavy atom. The summed E-state index contributed by atoms with van der Waals surface area (Å²) in [5.41, 5.74) is 1.40. The number of hydrogen-bond donors (Lipinski definition) is 1. The molecule has 2 aromatic rings. The van der Waals surface area contributed by atoms with Crippen LogP contribution in [0.1, 0.15) is 41.7 Å². The molecule has 4 nitrogen and oxygen atoms in total. The number of benzene rings is 1. The number of likely N-dealkylation sites (tertiary alicyclic amines) is 1. The summed E-state index contributed by atoms with van der Waals surface area (Å²) in [4.78, 5) is 19.5. The number of carbonyl (C=O) groups excluding carboxylic acids is 1. The number of carbonyl (C=O) groups is 1. The molecule has 1 aliphatic heterocycles. The molecule has 2 heterocycles. The van der Waals surface area contributed by atoms with Gasteiger partial charge < -0.3 is 10.0 Å². The van der Waals surface area contributed by atoms with E-state index in [1.54, 1.807) is 6.07 Å². The Morgan fingerprint density at radius 3 is 2.96 bits per heavy atom. The van der Waals surface area contributed by atoms with E-state index >= 15 is 0 Å². The molecule has 1 aromatic carbocycles. The van der Waals surface area contributed by atoms with Crippen molar-refractivity contribution in [3.8, 4) is 0 Å². The Hall–Kier alpha value is -1.65. The highest BCUT2D eigenvalue weighted by molar-refractivity contribution is 6.35. The van der Waals surface area contributed by atoms with Crippen LogP contribution in [0.2, 0.25) is 5.02 Å². The fraction of sp³-hybridized carbons (Fsp3) is 0.444. The van der Waals surface area contributed by atoms with Gasteiger partial charge in [0.25, 0.3) is 5.91 Å². The van der Waals surface area contributed by atoms with E-state index < -0.39 is 5.60 Å². The van der Waals surface area contributed by atoms with Crippen LogP contribution in [0.5, 0.6) is 0 Å². The standard InChI is InChI=1S/C18H19ClN2O2/c1-11-10-13(12-4-2-5-14(19)16(12)20-11)17(22)21-9-3-6-15(21)18(23)7-8-18/h2,4-5,10,15,23H,3,6-9H2,1H3. The molecular weight excluding hydrogens is 312 g/mol. The number of aliphatic hydroxyl groups is 1. The third kappa shape index (κ3) is 2.41. The van der Waals surface area contributed by atoms with Gasteiger partial charge in [0.2, 0.25) is 0 Å². The van der Waals surface area contributed by atoms with Crippen LogP contribution < -0.4 is 0 Å². The largest absolute Gasteiger partial charge is 0.388 e. The molecule has 1 unspecified atom stereocenters. The Morgan fingerprint density at radius 1 is 1.43 bits per heavy atom. The molecule has 1 aliphatic carbocycles. The van der Waals surface area contributed by atoms with E-state index in [0.717, 1.165) is 36.8 Å². The second-order valence-electron chi connectivity index (χ2n) is 6.71. The predicted octanol–water partition coefficient (Wildman–Crippen LogP) is 3.33. The van der Waals surface area contributed by atoms with Crippen LogP contribution in [0.4, 0.5) is 0 Å². The lowest BCUT2D eigenvalue weighted by Crippen LogP contribution is -2.44. The van der Waals surface area contributed by atoms with Gasteiger partial charge in [-0.2, -0.15) is 0 Å². The van der Waals surface area contributed by atoms with Crippen molar-refractivity contribution >= 4 is 28.4 Å². The number of rotatable bonds is 2. The number of nitrogens with zero attached hydrogens (tertiary/aromatic N) is 2. The smallest absolute Gasteiger partial charge is 0.254 e. The summed E-state index contributed by atoms with van der Waals surface area (Å²) in [7, 11) is 0. The van der Waals surface area contributed by atoms with Crippen molar-refractivity contribution in [3.63, 3.8) is 0 Å². The number of para-hydroxylation sites is 1. The molecule has 0 bridgehead atoms. The first-order chi connectivity index (χ1) is 11.0. The van der Waals surface area contributed by atoms with Gasteiger partial charge in [0.05, 0.1) is 27.7 Å². The molecule has 1 saturated heterocycles. The fourth-order valence-corrected chi connectivity index (χ4v) is 3.92. The molecule has 0 radical (unpaired) electrons. The van der Waals surface area contributed by atoms with Gasteiger partial charge in [-0.15, -0.1) is 0 Å². The third-order valence-electron chi connectivity index (χ3n) is 5.04. The minimum atomic E-state index is -0.665. The maximum Gasteiger partial charge on any atom is 0.254 e. The second-order valence-corrected chi connectivity index (χ2v) is 7.11. The van der Waals surface area contributed by atoms with E-state index in [-0.39, 0.29) is 11.9 Å². The molecule has 120 valence electrons. The van der Waals surface area contributed by atoms with Crippen molar-refractivity contribution in [1.82, 2.24) is 9.88 Å². The summed E-state index contributed by atoms with van der Waals surface area (Å²) in [6.07, 6.45) is 3.42. The summed E-state index contributed by atoms with van der Waals surface area (Å²) >= 11 is 6.25. The van der Waals surface area contributed by atoms with Crippen LogP contribution in [-0.4, -0.2) is 39.1 Å². The number of amides is 1. The molecule has 0 spiro atoms. The van der Waals surface area contributed by atoms with Gasteiger partial charge in [-0.25, -0.2) is 0 Å². The van der Waals surface area contributed by atoms with Crippen molar-refractivity contribution in [2.24, 2.45) is 0 Å². The number of halogens is 1. The number of fused-ring (bicyclic) bond motifs is 1. The highest BCUT2D eigenvalue weighted by Gasteiger charge is 2.52. The molecule has 1 amide bonds. The Balaban J connectivity index is 1.79. The lowest BCUT2D eigenvalue weighted by molar-refractivity contribution is 0.0388. The molecule has 5 heteroatoms. The van der Waals surface area contributed by atoms with E-state index in [2.05, 4.69) is 4.98 Å². The Labute approximate surface area is 140 Å². The highest BCUT2D eigenvalue weighted by Crippen LogP contribution is 2.45. The molecule has 23 heavy (non-hydrogen) atoms.